The SMILES string of the molecule is Cc1ccc(CC(CCC(=O)c2ccoc2)n2c(=N)n(Cc3ccc(C)cc3)c3ccccc32)cc1. The van der Waals surface area contributed by atoms with E-state index in [0.717, 1.165) is 23.0 Å². The summed E-state index contributed by atoms with van der Waals surface area (Å²) in [6.07, 6.45) is 4.81. The molecule has 5 heteroatoms. The molecule has 0 aliphatic heterocycles. The van der Waals surface area contributed by atoms with Gasteiger partial charge in [-0.15, -0.1) is 0 Å². The molecular weight excluding hydrogens is 446 g/mol. The number of carbonyl (C=O) groups is 1. The average Bonchev–Trinajstić information content (AvgIpc) is 3.52. The minimum atomic E-state index is -0.0415. The maximum atomic E-state index is 12.8. The summed E-state index contributed by atoms with van der Waals surface area (Å²) < 4.78 is 9.31. The lowest BCUT2D eigenvalue weighted by atomic mass is 9.98. The third-order valence-corrected chi connectivity index (χ3v) is 6.88. The van der Waals surface area contributed by atoms with Gasteiger partial charge in [0.15, 0.2) is 5.78 Å². The number of imidazole rings is 1. The molecule has 1 unspecified atom stereocenters. The standard InChI is InChI=1S/C31H31N3O2/c1-22-7-11-24(12-8-22)19-27(15-16-30(35)26-17-18-36-21-26)34-29-6-4-3-5-28(29)33(31(34)32)20-25-13-9-23(2)10-14-25/h3-14,17-18,21,27,32H,15-16,19-20H2,1-2H3. The van der Waals surface area contributed by atoms with Gasteiger partial charge in [0.05, 0.1) is 29.4 Å². The van der Waals surface area contributed by atoms with E-state index in [-0.39, 0.29) is 11.8 Å². The third kappa shape index (κ3) is 4.96. The van der Waals surface area contributed by atoms with Crippen LogP contribution in [0.2, 0.25) is 0 Å². The van der Waals surface area contributed by atoms with Gasteiger partial charge in [-0.05, 0) is 56.0 Å². The van der Waals surface area contributed by atoms with Crippen LogP contribution in [-0.2, 0) is 13.0 Å². The van der Waals surface area contributed by atoms with E-state index in [2.05, 4.69) is 83.6 Å². The molecule has 0 aliphatic carbocycles. The molecule has 2 heterocycles. The van der Waals surface area contributed by atoms with Crippen LogP contribution in [0.1, 0.15) is 51.5 Å². The molecular formula is C31H31N3O2. The van der Waals surface area contributed by atoms with Crippen LogP contribution >= 0.6 is 0 Å². The van der Waals surface area contributed by atoms with Crippen LogP contribution in [-0.4, -0.2) is 14.9 Å². The van der Waals surface area contributed by atoms with E-state index in [1.54, 1.807) is 6.07 Å². The number of nitrogens with zero attached hydrogens (tertiary/aromatic N) is 2. The van der Waals surface area contributed by atoms with E-state index in [9.17, 15) is 10.2 Å². The van der Waals surface area contributed by atoms with Crippen LogP contribution in [0.3, 0.4) is 0 Å². The molecule has 182 valence electrons. The van der Waals surface area contributed by atoms with E-state index in [4.69, 9.17) is 4.42 Å². The lowest BCUT2D eigenvalue weighted by molar-refractivity contribution is 0.0973. The van der Waals surface area contributed by atoms with Crippen LogP contribution in [0, 0.1) is 19.3 Å². The Morgan fingerprint density at radius 3 is 2.14 bits per heavy atom. The van der Waals surface area contributed by atoms with E-state index in [1.165, 1.54) is 29.2 Å². The smallest absolute Gasteiger partial charge is 0.203 e. The van der Waals surface area contributed by atoms with Gasteiger partial charge in [-0.1, -0.05) is 71.8 Å². The third-order valence-electron chi connectivity index (χ3n) is 6.88. The lowest BCUT2D eigenvalue weighted by Crippen LogP contribution is -2.29. The van der Waals surface area contributed by atoms with Crippen molar-refractivity contribution in [1.29, 1.82) is 5.41 Å². The summed E-state index contributed by atoms with van der Waals surface area (Å²) in [7, 11) is 0. The molecule has 0 fully saturated rings. The lowest BCUT2D eigenvalue weighted by Gasteiger charge is -2.20. The first-order chi connectivity index (χ1) is 17.5. The van der Waals surface area contributed by atoms with Gasteiger partial charge in [-0.2, -0.15) is 0 Å². The van der Waals surface area contributed by atoms with Crippen molar-refractivity contribution >= 4 is 16.8 Å². The molecule has 1 N–H and O–H groups in total. The zero-order valence-corrected chi connectivity index (χ0v) is 20.8. The van der Waals surface area contributed by atoms with Crippen molar-refractivity contribution in [3.63, 3.8) is 0 Å². The van der Waals surface area contributed by atoms with Crippen molar-refractivity contribution in [2.75, 3.05) is 0 Å². The number of para-hydroxylation sites is 2. The molecule has 5 rings (SSSR count). The van der Waals surface area contributed by atoms with Crippen molar-refractivity contribution in [1.82, 2.24) is 9.13 Å². The van der Waals surface area contributed by atoms with Crippen LogP contribution in [0.4, 0.5) is 0 Å². The molecule has 2 aromatic heterocycles. The molecule has 0 bridgehead atoms. The number of nitrogens with one attached hydrogen (secondary N) is 1. The maximum absolute atomic E-state index is 12.8. The molecule has 0 aliphatic rings. The van der Waals surface area contributed by atoms with Crippen molar-refractivity contribution in [2.24, 2.45) is 0 Å². The Hall–Kier alpha value is -4.12. The molecule has 0 saturated carbocycles. The number of rotatable bonds is 9. The monoisotopic (exact) mass is 477 g/mol. The Kier molecular flexibility index (Phi) is 6.72. The number of furan rings is 1. The second-order valence-corrected chi connectivity index (χ2v) is 9.57. The highest BCUT2D eigenvalue weighted by atomic mass is 16.3. The first kappa shape index (κ1) is 23.6. The Balaban J connectivity index is 1.54. The molecule has 0 radical (unpaired) electrons. The second-order valence-electron chi connectivity index (χ2n) is 9.57. The second kappa shape index (κ2) is 10.2. The summed E-state index contributed by atoms with van der Waals surface area (Å²) in [6, 6.07) is 26.9. The fourth-order valence-corrected chi connectivity index (χ4v) is 4.84. The van der Waals surface area contributed by atoms with Crippen LogP contribution in [0.25, 0.3) is 11.0 Å². The van der Waals surface area contributed by atoms with Crippen molar-refractivity contribution in [3.8, 4) is 0 Å². The normalized spacial score (nSPS) is 12.2. The quantitative estimate of drug-likeness (QED) is 0.242. The number of hydrogen-bond donors (Lipinski definition) is 1. The topological polar surface area (TPSA) is 63.9 Å². The molecule has 0 spiro atoms. The van der Waals surface area contributed by atoms with E-state index in [0.29, 0.717) is 30.6 Å². The first-order valence-corrected chi connectivity index (χ1v) is 12.4. The average molecular weight is 478 g/mol. The molecule has 5 aromatic rings. The van der Waals surface area contributed by atoms with Gasteiger partial charge in [0.1, 0.15) is 6.26 Å². The van der Waals surface area contributed by atoms with Gasteiger partial charge >= 0.3 is 0 Å². The minimum Gasteiger partial charge on any atom is -0.472 e. The summed E-state index contributed by atoms with van der Waals surface area (Å²) in [5.74, 6) is 0.0631. The Morgan fingerprint density at radius 2 is 1.50 bits per heavy atom. The van der Waals surface area contributed by atoms with Crippen molar-refractivity contribution in [2.45, 2.75) is 45.7 Å². The number of aryl methyl sites for hydroxylation is 2. The van der Waals surface area contributed by atoms with Gasteiger partial charge in [0, 0.05) is 12.5 Å². The molecule has 3 aromatic carbocycles. The van der Waals surface area contributed by atoms with Gasteiger partial charge in [0.2, 0.25) is 5.62 Å². The number of fused-ring (bicyclic) bond motifs is 1. The molecule has 0 amide bonds. The molecule has 5 nitrogen and oxygen atoms in total. The first-order valence-electron chi connectivity index (χ1n) is 12.4. The van der Waals surface area contributed by atoms with Gasteiger partial charge in [0.25, 0.3) is 0 Å². The fraction of sp³-hybridized carbons (Fsp3) is 0.226. The maximum Gasteiger partial charge on any atom is 0.203 e. The van der Waals surface area contributed by atoms with Gasteiger partial charge in [-0.25, -0.2) is 0 Å². The van der Waals surface area contributed by atoms with Crippen LogP contribution < -0.4 is 5.62 Å². The Bertz CT molecular complexity index is 1520. The molecule has 36 heavy (non-hydrogen) atoms. The van der Waals surface area contributed by atoms with Gasteiger partial charge < -0.3 is 13.6 Å². The highest BCUT2D eigenvalue weighted by Gasteiger charge is 2.21. The number of carbonyl (C=O) groups excluding carboxylic acids is 1. The predicted octanol–water partition coefficient (Wildman–Crippen LogP) is 6.63. The van der Waals surface area contributed by atoms with Crippen molar-refractivity contribution in [3.05, 3.63) is 125 Å². The number of benzene rings is 3. The largest absolute Gasteiger partial charge is 0.472 e. The highest BCUT2D eigenvalue weighted by Crippen LogP contribution is 2.26. The summed E-state index contributed by atoms with van der Waals surface area (Å²) in [5.41, 5.74) is 7.88. The number of aromatic nitrogens is 2. The predicted molar refractivity (Wildman–Crippen MR) is 142 cm³/mol. The van der Waals surface area contributed by atoms with Crippen LogP contribution in [0.5, 0.6) is 0 Å². The molecule has 0 saturated heterocycles. The van der Waals surface area contributed by atoms with Crippen molar-refractivity contribution < 1.29 is 9.21 Å². The van der Waals surface area contributed by atoms with Crippen LogP contribution in [0.15, 0.2) is 95.8 Å². The zero-order valence-electron chi connectivity index (χ0n) is 20.8. The van der Waals surface area contributed by atoms with Gasteiger partial charge in [-0.3, -0.25) is 10.2 Å². The number of ketones is 1. The Labute approximate surface area is 211 Å². The fourth-order valence-electron chi connectivity index (χ4n) is 4.84. The molecule has 1 atom stereocenters. The zero-order chi connectivity index (χ0) is 25.1. The van der Waals surface area contributed by atoms with E-state index >= 15 is 0 Å². The van der Waals surface area contributed by atoms with E-state index in [1.807, 2.05) is 12.1 Å². The number of hydrogen-bond acceptors (Lipinski definition) is 3. The minimum absolute atomic E-state index is 0.0415. The summed E-state index contributed by atoms with van der Waals surface area (Å²) in [5, 5.41) is 9.25. The summed E-state index contributed by atoms with van der Waals surface area (Å²) in [4.78, 5) is 12.8. The Morgan fingerprint density at radius 1 is 0.861 bits per heavy atom. The highest BCUT2D eigenvalue weighted by molar-refractivity contribution is 5.95. The summed E-state index contributed by atoms with van der Waals surface area (Å²) >= 11 is 0. The number of Topliss-reactive ketones (excluding diaryl/α,β-unsaturated/α-hetero) is 1. The van der Waals surface area contributed by atoms with E-state index < -0.39 is 0 Å². The summed E-state index contributed by atoms with van der Waals surface area (Å²) in [6.45, 7) is 4.79.